The Kier molecular flexibility index (Phi) is 4.92. The summed E-state index contributed by atoms with van der Waals surface area (Å²) in [5, 5.41) is 11.1. The summed E-state index contributed by atoms with van der Waals surface area (Å²) in [5.41, 5.74) is 2.78. The van der Waals surface area contributed by atoms with E-state index in [2.05, 4.69) is 0 Å². The van der Waals surface area contributed by atoms with Crippen LogP contribution in [0.15, 0.2) is 84.9 Å². The Morgan fingerprint density at radius 1 is 0.750 bits per heavy atom. The van der Waals surface area contributed by atoms with Crippen LogP contribution in [0.2, 0.25) is 0 Å². The van der Waals surface area contributed by atoms with Gasteiger partial charge in [-0.25, -0.2) is 10.9 Å². The molecule has 0 aliphatic rings. The van der Waals surface area contributed by atoms with E-state index in [1.807, 2.05) is 78.9 Å². The lowest BCUT2D eigenvalue weighted by Gasteiger charge is -2.16. The Morgan fingerprint density at radius 3 is 1.93 bits per heavy atom. The Morgan fingerprint density at radius 2 is 1.36 bits per heavy atom. The Balaban J connectivity index is 2.26. The molecule has 0 bridgehead atoms. The normalized spacial score (nSPS) is 11.0. The highest BCUT2D eigenvalue weighted by Gasteiger charge is 2.24. The van der Waals surface area contributed by atoms with Crippen LogP contribution < -0.4 is 0 Å². The SMILES string of the molecule is O=C(O)c1cc2cccc(-c3ccccc3)c2c(-c2ccccc2)c1I(=O)=O. The molecule has 0 saturated carbocycles. The number of carboxylic acid groups (broad SMARTS) is 1. The van der Waals surface area contributed by atoms with Crippen molar-refractivity contribution in [2.45, 2.75) is 0 Å². The molecule has 0 heterocycles. The van der Waals surface area contributed by atoms with Gasteiger partial charge in [0.25, 0.3) is 0 Å². The van der Waals surface area contributed by atoms with Gasteiger partial charge in [-0.05, 0) is 33.5 Å². The van der Waals surface area contributed by atoms with Crippen LogP contribution in [0.25, 0.3) is 33.0 Å². The first-order chi connectivity index (χ1) is 13.6. The molecule has 28 heavy (non-hydrogen) atoms. The van der Waals surface area contributed by atoms with Gasteiger partial charge in [-0.2, -0.15) is 0 Å². The number of benzene rings is 4. The molecule has 1 N–H and O–H groups in total. The van der Waals surface area contributed by atoms with Crippen LogP contribution in [0.4, 0.5) is 0 Å². The van der Waals surface area contributed by atoms with Crippen LogP contribution in [0.5, 0.6) is 0 Å². The van der Waals surface area contributed by atoms with E-state index < -0.39 is 25.8 Å². The van der Waals surface area contributed by atoms with Crippen LogP contribution in [-0.2, 0) is 6.14 Å². The van der Waals surface area contributed by atoms with Gasteiger partial charge in [-0.15, -0.1) is 0 Å². The molecule has 0 spiro atoms. The van der Waals surface area contributed by atoms with Gasteiger partial charge in [0.05, 0.1) is 9.13 Å². The number of carboxylic acids is 1. The summed E-state index contributed by atoms with van der Waals surface area (Å²) in [7, 11) is 0. The quantitative estimate of drug-likeness (QED) is 0.350. The first-order valence-corrected chi connectivity index (χ1v) is 11.4. The summed E-state index contributed by atoms with van der Waals surface area (Å²) in [6.45, 7) is 0. The van der Waals surface area contributed by atoms with Gasteiger partial charge in [0.1, 0.15) is 0 Å². The van der Waals surface area contributed by atoms with Crippen molar-refractivity contribution in [3.8, 4) is 22.3 Å². The predicted molar refractivity (Wildman–Crippen MR) is 116 cm³/mol. The van der Waals surface area contributed by atoms with Gasteiger partial charge < -0.3 is 5.11 Å². The molecule has 0 aromatic heterocycles. The number of hydrogen-bond donors (Lipinski definition) is 1. The topological polar surface area (TPSA) is 71.4 Å². The number of fused-ring (bicyclic) bond motifs is 1. The lowest BCUT2D eigenvalue weighted by molar-refractivity contribution is 0.0696. The van der Waals surface area contributed by atoms with Crippen molar-refractivity contribution in [3.05, 3.63) is 94.1 Å². The predicted octanol–water partition coefficient (Wildman–Crippen LogP) is 6.24. The van der Waals surface area contributed by atoms with Gasteiger partial charge in [0, 0.05) is 5.56 Å². The van der Waals surface area contributed by atoms with E-state index in [0.29, 0.717) is 16.5 Å². The van der Waals surface area contributed by atoms with Gasteiger partial charge in [0.2, 0.25) is 0 Å². The van der Waals surface area contributed by atoms with E-state index in [4.69, 9.17) is 0 Å². The maximum atomic E-state index is 12.3. The van der Waals surface area contributed by atoms with Crippen LogP contribution in [0, 0.1) is 3.57 Å². The highest BCUT2D eigenvalue weighted by Crippen LogP contribution is 2.43. The van der Waals surface area contributed by atoms with Crippen molar-refractivity contribution in [1.29, 1.82) is 0 Å². The molecule has 0 radical (unpaired) electrons. The summed E-state index contributed by atoms with van der Waals surface area (Å²) in [4.78, 5) is 11.9. The van der Waals surface area contributed by atoms with Crippen molar-refractivity contribution in [3.63, 3.8) is 0 Å². The summed E-state index contributed by atoms with van der Waals surface area (Å²) in [5.74, 6) is -1.24. The molecular weight excluding hydrogens is 467 g/mol. The number of aromatic carboxylic acids is 1. The lowest BCUT2D eigenvalue weighted by Crippen LogP contribution is -2.03. The zero-order chi connectivity index (χ0) is 19.7. The molecule has 0 aliphatic heterocycles. The minimum absolute atomic E-state index is 0.0706. The van der Waals surface area contributed by atoms with Crippen molar-refractivity contribution in [2.24, 2.45) is 0 Å². The second-order valence-electron chi connectivity index (χ2n) is 6.27. The van der Waals surface area contributed by atoms with E-state index in [1.165, 1.54) is 6.07 Å². The standard InChI is InChI=1S/C23H15IO4/c25-23(26)19-14-17-12-7-13-18(15-8-3-1-4-9-15)20(17)21(22(19)24(27)28)16-10-5-2-6-11-16/h1-14H,(H,25,26). The van der Waals surface area contributed by atoms with E-state index in [9.17, 15) is 16.0 Å². The van der Waals surface area contributed by atoms with E-state index in [1.54, 1.807) is 0 Å². The zero-order valence-electron chi connectivity index (χ0n) is 14.6. The number of carbonyl (C=O) groups is 1. The fourth-order valence-electron chi connectivity index (χ4n) is 3.48. The molecule has 4 aromatic carbocycles. The highest BCUT2D eigenvalue weighted by atomic mass is 127. The number of halogens is 1. The molecule has 0 saturated heterocycles. The monoisotopic (exact) mass is 482 g/mol. The van der Waals surface area contributed by atoms with E-state index in [0.717, 1.165) is 16.5 Å². The first kappa shape index (κ1) is 18.3. The smallest absolute Gasteiger partial charge is 0.342 e. The van der Waals surface area contributed by atoms with E-state index in [-0.39, 0.29) is 9.13 Å². The van der Waals surface area contributed by atoms with Crippen molar-refractivity contribution >= 4 is 36.5 Å². The van der Waals surface area contributed by atoms with Crippen LogP contribution in [0.3, 0.4) is 0 Å². The summed E-state index contributed by atoms with van der Waals surface area (Å²) in [6, 6.07) is 25.8. The molecule has 0 aliphatic carbocycles. The fourth-order valence-corrected chi connectivity index (χ4v) is 5.37. The second kappa shape index (κ2) is 7.52. The van der Waals surface area contributed by atoms with Crippen molar-refractivity contribution in [1.82, 2.24) is 0 Å². The van der Waals surface area contributed by atoms with Gasteiger partial charge in [0.15, 0.2) is 0 Å². The minimum Gasteiger partial charge on any atom is -0.478 e. The third-order valence-corrected chi connectivity index (χ3v) is 6.64. The van der Waals surface area contributed by atoms with Crippen LogP contribution in [0.1, 0.15) is 10.4 Å². The van der Waals surface area contributed by atoms with Gasteiger partial charge in [-0.3, -0.25) is 0 Å². The molecule has 0 fully saturated rings. The maximum Gasteiger partial charge on any atom is 0.342 e. The molecular formula is C23H15IO4. The molecule has 5 heteroatoms. The zero-order valence-corrected chi connectivity index (χ0v) is 16.8. The molecule has 4 aromatic rings. The van der Waals surface area contributed by atoms with E-state index >= 15 is 0 Å². The maximum absolute atomic E-state index is 12.3. The first-order valence-electron chi connectivity index (χ1n) is 8.57. The van der Waals surface area contributed by atoms with Crippen molar-refractivity contribution in [2.75, 3.05) is 0 Å². The van der Waals surface area contributed by atoms with Crippen LogP contribution >= 0.6 is 19.8 Å². The fraction of sp³-hybridized carbons (Fsp3) is 0. The number of hydrogen-bond acceptors (Lipinski definition) is 3. The minimum atomic E-state index is -4.13. The van der Waals surface area contributed by atoms with Gasteiger partial charge in [-0.1, -0.05) is 78.9 Å². The van der Waals surface area contributed by atoms with Crippen LogP contribution in [-0.4, -0.2) is 11.1 Å². The molecule has 0 amide bonds. The summed E-state index contributed by atoms with van der Waals surface area (Å²) < 4.78 is 24.5. The molecule has 0 unspecified atom stereocenters. The number of rotatable bonds is 4. The average molecular weight is 482 g/mol. The largest absolute Gasteiger partial charge is 0.478 e. The molecule has 4 nitrogen and oxygen atoms in total. The average Bonchev–Trinajstić information content (AvgIpc) is 2.73. The Bertz CT molecular complexity index is 1250. The summed E-state index contributed by atoms with van der Waals surface area (Å²) in [6.07, 6.45) is 0. The molecule has 0 atom stereocenters. The lowest BCUT2D eigenvalue weighted by atomic mass is 9.90. The summed E-state index contributed by atoms with van der Waals surface area (Å²) >= 11 is -4.13. The van der Waals surface area contributed by atoms with Gasteiger partial charge >= 0.3 is 25.8 Å². The Hall–Kier alpha value is -3.06. The third kappa shape index (κ3) is 3.18. The highest BCUT2D eigenvalue weighted by molar-refractivity contribution is 14.2. The third-order valence-electron chi connectivity index (χ3n) is 4.63. The second-order valence-corrected chi connectivity index (χ2v) is 8.59. The van der Waals surface area contributed by atoms with Crippen molar-refractivity contribution < 1.29 is 16.0 Å². The Labute approximate surface area is 168 Å². The molecule has 4 rings (SSSR count). The molecule has 138 valence electrons.